The van der Waals surface area contributed by atoms with Crippen LogP contribution in [0.25, 0.3) is 0 Å². The fourth-order valence-electron chi connectivity index (χ4n) is 1.31. The van der Waals surface area contributed by atoms with Crippen LogP contribution in [0.3, 0.4) is 0 Å². The van der Waals surface area contributed by atoms with E-state index in [9.17, 15) is 24.2 Å². The lowest BCUT2D eigenvalue weighted by Crippen LogP contribution is -1.98. The van der Waals surface area contributed by atoms with Gasteiger partial charge in [0.1, 0.15) is 0 Å². The first-order chi connectivity index (χ1) is 7.89. The molecule has 0 bridgehead atoms. The molecule has 0 spiro atoms. The molecule has 0 radical (unpaired) electrons. The molecule has 0 aromatic carbocycles. The summed E-state index contributed by atoms with van der Waals surface area (Å²) < 4.78 is 59.2. The number of hydrogen-bond acceptors (Lipinski definition) is 1. The van der Waals surface area contributed by atoms with Gasteiger partial charge in [-0.3, -0.25) is 4.79 Å². The molecule has 1 nitrogen and oxygen atoms in total. The quantitative estimate of drug-likeness (QED) is 0.277. The molecule has 0 amide bonds. The molecule has 0 saturated carbocycles. The van der Waals surface area contributed by atoms with E-state index in [1.807, 2.05) is 0 Å². The normalized spacial score (nSPS) is 16.6. The zero-order valence-electron chi connectivity index (χ0n) is 9.69. The van der Waals surface area contributed by atoms with Crippen LogP contribution in [0.5, 0.6) is 0 Å². The molecule has 0 atom stereocenters. The van der Waals surface area contributed by atoms with Crippen molar-refractivity contribution in [2.45, 2.75) is 44.9 Å². The highest BCUT2D eigenvalue weighted by atomic mass is 35.5. The molecular formula is C10H16ClF5OS. The first-order valence-corrected chi connectivity index (χ1v) is 7.89. The van der Waals surface area contributed by atoms with E-state index in [-0.39, 0.29) is 12.8 Å². The van der Waals surface area contributed by atoms with E-state index >= 15 is 0 Å². The molecule has 110 valence electrons. The van der Waals surface area contributed by atoms with E-state index in [1.54, 1.807) is 0 Å². The van der Waals surface area contributed by atoms with Crippen molar-refractivity contribution >= 4 is 27.1 Å². The minimum Gasteiger partial charge on any atom is -0.281 e. The van der Waals surface area contributed by atoms with Gasteiger partial charge >= 0.3 is 10.2 Å². The minimum absolute atomic E-state index is 0.0277. The van der Waals surface area contributed by atoms with Gasteiger partial charge in [0.15, 0.2) is 0 Å². The Labute approximate surface area is 108 Å². The van der Waals surface area contributed by atoms with Crippen LogP contribution in [-0.2, 0) is 4.79 Å². The molecular weight excluding hydrogens is 299 g/mol. The summed E-state index contributed by atoms with van der Waals surface area (Å²) in [6.45, 7) is 0. The minimum atomic E-state index is -9.37. The second-order valence-corrected chi connectivity index (χ2v) is 6.81. The smallest absolute Gasteiger partial charge is 0.281 e. The third-order valence-electron chi connectivity index (χ3n) is 2.10. The predicted octanol–water partition coefficient (Wildman–Crippen LogP) is 6.29. The molecule has 0 unspecified atom stereocenters. The van der Waals surface area contributed by atoms with Crippen molar-refractivity contribution in [1.29, 1.82) is 0 Å². The predicted molar refractivity (Wildman–Crippen MR) is 65.5 cm³/mol. The Morgan fingerprint density at radius 1 is 0.944 bits per heavy atom. The molecule has 0 N–H and O–H groups in total. The van der Waals surface area contributed by atoms with Crippen molar-refractivity contribution in [2.24, 2.45) is 0 Å². The molecule has 0 saturated heterocycles. The zero-order chi connectivity index (χ0) is 14.3. The number of carbonyl (C=O) groups is 1. The first kappa shape index (κ1) is 17.7. The molecule has 0 aliphatic heterocycles. The van der Waals surface area contributed by atoms with Crippen LogP contribution in [0.15, 0.2) is 11.5 Å². The molecule has 0 heterocycles. The topological polar surface area (TPSA) is 17.1 Å². The molecule has 0 rings (SSSR count). The van der Waals surface area contributed by atoms with Gasteiger partial charge in [-0.25, -0.2) is 0 Å². The number of halogens is 6. The van der Waals surface area contributed by atoms with Crippen LogP contribution >= 0.6 is 21.8 Å². The van der Waals surface area contributed by atoms with E-state index in [2.05, 4.69) is 0 Å². The molecule has 0 aromatic rings. The Hall–Kier alpha value is -0.300. The molecule has 0 aromatic heterocycles. The van der Waals surface area contributed by atoms with E-state index in [4.69, 9.17) is 11.6 Å². The Morgan fingerprint density at radius 3 is 1.94 bits per heavy atom. The summed E-state index contributed by atoms with van der Waals surface area (Å²) in [7, 11) is -9.37. The van der Waals surface area contributed by atoms with Crippen molar-refractivity contribution in [3.63, 3.8) is 0 Å². The lowest BCUT2D eigenvalue weighted by atomic mass is 10.1. The molecule has 0 fully saturated rings. The average molecular weight is 315 g/mol. The van der Waals surface area contributed by atoms with Gasteiger partial charge < -0.3 is 0 Å². The standard InChI is InChI=1S/C10H16ClF5OS/c11-10(17)8-6-4-2-1-3-5-7-9-18(12,13,14,15)16/h7,9H,1-6,8H2. The average Bonchev–Trinajstić information content (AvgIpc) is 2.11. The third kappa shape index (κ3) is 15.7. The number of carbonyl (C=O) groups excluding carboxylic acids is 1. The fourth-order valence-corrected chi connectivity index (χ4v) is 1.94. The summed E-state index contributed by atoms with van der Waals surface area (Å²) >= 11 is 5.11. The SMILES string of the molecule is O=C(Cl)CCCCCCCC=CS(F)(F)(F)(F)F. The number of rotatable bonds is 9. The molecule has 0 aliphatic rings. The summed E-state index contributed by atoms with van der Waals surface area (Å²) in [4.78, 5) is 10.4. The first-order valence-electron chi connectivity index (χ1n) is 5.50. The molecule has 18 heavy (non-hydrogen) atoms. The van der Waals surface area contributed by atoms with Crippen LogP contribution in [0.4, 0.5) is 19.4 Å². The maximum atomic E-state index is 11.8. The molecule has 8 heteroatoms. The number of unbranched alkanes of at least 4 members (excludes halogenated alkanes) is 5. The lowest BCUT2D eigenvalue weighted by molar-refractivity contribution is -0.111. The largest absolute Gasteiger partial charge is 0.304 e. The van der Waals surface area contributed by atoms with Gasteiger partial charge in [-0.2, -0.15) is 0 Å². The summed E-state index contributed by atoms with van der Waals surface area (Å²) in [6, 6.07) is 0. The van der Waals surface area contributed by atoms with Gasteiger partial charge in [-0.15, -0.1) is 0 Å². The Bertz CT molecular complexity index is 310. The van der Waals surface area contributed by atoms with Gasteiger partial charge in [-0.1, -0.05) is 44.8 Å². The second kappa shape index (κ2) is 5.77. The van der Waals surface area contributed by atoms with Crippen molar-refractivity contribution in [1.82, 2.24) is 0 Å². The van der Waals surface area contributed by atoms with Gasteiger partial charge in [0, 0.05) is 6.42 Å². The van der Waals surface area contributed by atoms with Gasteiger partial charge in [0.05, 0.1) is 5.41 Å². The highest BCUT2D eigenvalue weighted by Crippen LogP contribution is 2.98. The van der Waals surface area contributed by atoms with E-state index < -0.39 is 20.9 Å². The summed E-state index contributed by atoms with van der Waals surface area (Å²) in [5.41, 5.74) is 0. The summed E-state index contributed by atoms with van der Waals surface area (Å²) in [5, 5.41) is -1.31. The third-order valence-corrected chi connectivity index (χ3v) is 2.99. The highest BCUT2D eigenvalue weighted by molar-refractivity contribution is 8.48. The van der Waals surface area contributed by atoms with Crippen LogP contribution < -0.4 is 0 Å². The van der Waals surface area contributed by atoms with Gasteiger partial charge in [-0.05, 0) is 30.9 Å². The maximum Gasteiger partial charge on any atom is 0.304 e. The van der Waals surface area contributed by atoms with Gasteiger partial charge in [0.2, 0.25) is 5.24 Å². The number of hydrogen-bond donors (Lipinski definition) is 0. The Kier molecular flexibility index (Phi) is 5.68. The summed E-state index contributed by atoms with van der Waals surface area (Å²) in [5.74, 6) is 0. The Morgan fingerprint density at radius 2 is 1.44 bits per heavy atom. The number of allylic oxidation sites excluding steroid dienone is 1. The second-order valence-electron chi connectivity index (χ2n) is 4.06. The lowest BCUT2D eigenvalue weighted by Gasteiger charge is -2.36. The van der Waals surface area contributed by atoms with Gasteiger partial charge in [0.25, 0.3) is 0 Å². The van der Waals surface area contributed by atoms with Crippen molar-refractivity contribution in [3.8, 4) is 0 Å². The van der Waals surface area contributed by atoms with Crippen LogP contribution in [0.1, 0.15) is 44.9 Å². The van der Waals surface area contributed by atoms with E-state index in [1.165, 1.54) is 0 Å². The Balaban J connectivity index is 3.59. The van der Waals surface area contributed by atoms with Crippen molar-refractivity contribution in [2.75, 3.05) is 0 Å². The maximum absolute atomic E-state index is 11.8. The zero-order valence-corrected chi connectivity index (χ0v) is 11.3. The molecule has 0 aliphatic carbocycles. The highest BCUT2D eigenvalue weighted by Gasteiger charge is 2.60. The van der Waals surface area contributed by atoms with Crippen LogP contribution in [0.2, 0.25) is 0 Å². The van der Waals surface area contributed by atoms with Crippen LogP contribution in [0, 0.1) is 0 Å². The van der Waals surface area contributed by atoms with Crippen molar-refractivity contribution in [3.05, 3.63) is 11.5 Å². The van der Waals surface area contributed by atoms with E-state index in [0.717, 1.165) is 12.8 Å². The van der Waals surface area contributed by atoms with E-state index in [0.29, 0.717) is 25.3 Å². The monoisotopic (exact) mass is 314 g/mol. The fraction of sp³-hybridized carbons (Fsp3) is 0.700. The van der Waals surface area contributed by atoms with Crippen molar-refractivity contribution < 1.29 is 24.2 Å². The van der Waals surface area contributed by atoms with Crippen LogP contribution in [-0.4, -0.2) is 5.24 Å². The summed E-state index contributed by atoms with van der Waals surface area (Å²) in [6.07, 6.45) is 3.93.